The van der Waals surface area contributed by atoms with Crippen LogP contribution in [-0.4, -0.2) is 53.4 Å². The average Bonchev–Trinajstić information content (AvgIpc) is 2.89. The Balaban J connectivity index is 1.58. The van der Waals surface area contributed by atoms with Gasteiger partial charge in [-0.15, -0.1) is 0 Å². The standard InChI is InChI=1S/C29H38N2O3/c1-2-30-21-11-4-12-22-31(28(32)20-19-23-13-5-3-6-14-23)25-16-8-10-18-27(25)34-26-17-9-7-15-24(26)29(30)33/h3,5-7,9,13-15,17,25,27H,2,4,8,10-12,16,18-22H2,1H3/t25-,27+/m1/s1. The van der Waals surface area contributed by atoms with E-state index in [2.05, 4.69) is 17.0 Å². The Morgan fingerprint density at radius 1 is 0.912 bits per heavy atom. The Bertz CT molecular complexity index is 945. The Morgan fingerprint density at radius 3 is 2.47 bits per heavy atom. The van der Waals surface area contributed by atoms with Gasteiger partial charge in [-0.1, -0.05) is 48.9 Å². The van der Waals surface area contributed by atoms with E-state index in [1.54, 1.807) is 0 Å². The van der Waals surface area contributed by atoms with Gasteiger partial charge in [-0.05, 0) is 69.6 Å². The van der Waals surface area contributed by atoms with E-state index in [0.29, 0.717) is 24.3 Å². The SMILES string of the molecule is CCN1CCCCCN(C(=O)CCc2ccccc2)[C@@H]2CCCC[C@@H]2Oc2ccccc2C1=O. The molecule has 1 aliphatic carbocycles. The molecule has 0 unspecified atom stereocenters. The van der Waals surface area contributed by atoms with Gasteiger partial charge in [0, 0.05) is 26.1 Å². The molecular formula is C29H38N2O3. The van der Waals surface area contributed by atoms with Crippen LogP contribution in [0.25, 0.3) is 0 Å². The maximum Gasteiger partial charge on any atom is 0.257 e. The third kappa shape index (κ3) is 5.99. The number of hydrogen-bond donors (Lipinski definition) is 0. The van der Waals surface area contributed by atoms with E-state index in [-0.39, 0.29) is 24.0 Å². The summed E-state index contributed by atoms with van der Waals surface area (Å²) in [6.07, 6.45) is 8.17. The summed E-state index contributed by atoms with van der Waals surface area (Å²) in [5.74, 6) is 0.915. The molecule has 0 spiro atoms. The van der Waals surface area contributed by atoms with E-state index in [4.69, 9.17) is 4.74 Å². The molecule has 0 bridgehead atoms. The summed E-state index contributed by atoms with van der Waals surface area (Å²) >= 11 is 0. The maximum absolute atomic E-state index is 13.5. The molecule has 2 atom stereocenters. The van der Waals surface area contributed by atoms with Crippen LogP contribution in [0.4, 0.5) is 0 Å². The van der Waals surface area contributed by atoms with E-state index >= 15 is 0 Å². The fraction of sp³-hybridized carbons (Fsp3) is 0.517. The highest BCUT2D eigenvalue weighted by molar-refractivity contribution is 5.97. The zero-order chi connectivity index (χ0) is 23.8. The van der Waals surface area contributed by atoms with Crippen molar-refractivity contribution in [1.29, 1.82) is 0 Å². The number of carbonyl (C=O) groups is 2. The molecule has 0 saturated heterocycles. The zero-order valence-electron chi connectivity index (χ0n) is 20.5. The monoisotopic (exact) mass is 462 g/mol. The Morgan fingerprint density at radius 2 is 1.65 bits per heavy atom. The highest BCUT2D eigenvalue weighted by Gasteiger charge is 2.35. The number of benzene rings is 2. The number of fused-ring (bicyclic) bond motifs is 2. The fourth-order valence-electron chi connectivity index (χ4n) is 5.33. The predicted molar refractivity (Wildman–Crippen MR) is 135 cm³/mol. The molecule has 5 heteroatoms. The molecule has 1 saturated carbocycles. The molecule has 0 radical (unpaired) electrons. The second-order valence-electron chi connectivity index (χ2n) is 9.52. The highest BCUT2D eigenvalue weighted by atomic mass is 16.5. The minimum atomic E-state index is -0.0841. The summed E-state index contributed by atoms with van der Waals surface area (Å²) in [5.41, 5.74) is 1.83. The minimum Gasteiger partial charge on any atom is -0.487 e. The topological polar surface area (TPSA) is 49.9 Å². The van der Waals surface area contributed by atoms with Crippen LogP contribution in [-0.2, 0) is 11.2 Å². The van der Waals surface area contributed by atoms with Gasteiger partial charge in [-0.3, -0.25) is 9.59 Å². The second-order valence-corrected chi connectivity index (χ2v) is 9.52. The lowest BCUT2D eigenvalue weighted by molar-refractivity contribution is -0.136. The summed E-state index contributed by atoms with van der Waals surface area (Å²) in [6.45, 7) is 4.21. The molecule has 1 heterocycles. The highest BCUT2D eigenvalue weighted by Crippen LogP contribution is 2.31. The molecule has 5 nitrogen and oxygen atoms in total. The van der Waals surface area contributed by atoms with E-state index < -0.39 is 0 Å². The van der Waals surface area contributed by atoms with Crippen molar-refractivity contribution < 1.29 is 14.3 Å². The molecular weight excluding hydrogens is 424 g/mol. The number of amides is 2. The summed E-state index contributed by atoms with van der Waals surface area (Å²) in [4.78, 5) is 30.9. The Kier molecular flexibility index (Phi) is 8.62. The zero-order valence-corrected chi connectivity index (χ0v) is 20.5. The molecule has 182 valence electrons. The Hall–Kier alpha value is -2.82. The lowest BCUT2D eigenvalue weighted by Gasteiger charge is -2.40. The third-order valence-corrected chi connectivity index (χ3v) is 7.25. The van der Waals surface area contributed by atoms with Gasteiger partial charge in [0.1, 0.15) is 11.9 Å². The molecule has 4 rings (SSSR count). The molecule has 2 aromatic carbocycles. The second kappa shape index (κ2) is 12.0. The Labute approximate surface area is 204 Å². The number of nitrogens with zero attached hydrogens (tertiary/aromatic N) is 2. The van der Waals surface area contributed by atoms with Gasteiger partial charge in [-0.25, -0.2) is 0 Å². The number of para-hydroxylation sites is 1. The van der Waals surface area contributed by atoms with Crippen molar-refractivity contribution in [3.8, 4) is 5.75 Å². The largest absolute Gasteiger partial charge is 0.487 e. The van der Waals surface area contributed by atoms with Crippen molar-refractivity contribution in [3.05, 3.63) is 65.7 Å². The maximum atomic E-state index is 13.5. The molecule has 2 aromatic rings. The first-order valence-corrected chi connectivity index (χ1v) is 13.1. The van der Waals surface area contributed by atoms with Crippen molar-refractivity contribution >= 4 is 11.8 Å². The normalized spacial score (nSPS) is 21.9. The quantitative estimate of drug-likeness (QED) is 0.604. The van der Waals surface area contributed by atoms with Gasteiger partial charge < -0.3 is 14.5 Å². The smallest absolute Gasteiger partial charge is 0.257 e. The molecule has 2 amide bonds. The average molecular weight is 463 g/mol. The van der Waals surface area contributed by atoms with E-state index in [1.807, 2.05) is 54.3 Å². The summed E-state index contributed by atoms with van der Waals surface area (Å²) in [6, 6.07) is 17.9. The van der Waals surface area contributed by atoms with Gasteiger partial charge >= 0.3 is 0 Å². The lowest BCUT2D eigenvalue weighted by Crippen LogP contribution is -2.51. The van der Waals surface area contributed by atoms with Crippen molar-refractivity contribution in [2.75, 3.05) is 19.6 Å². The minimum absolute atomic E-state index is 0.0421. The fourth-order valence-corrected chi connectivity index (χ4v) is 5.33. The van der Waals surface area contributed by atoms with Gasteiger partial charge in [0.15, 0.2) is 0 Å². The molecule has 1 aliphatic heterocycles. The van der Waals surface area contributed by atoms with Crippen LogP contribution in [0.15, 0.2) is 54.6 Å². The van der Waals surface area contributed by atoms with Crippen LogP contribution in [0, 0.1) is 0 Å². The van der Waals surface area contributed by atoms with Crippen molar-refractivity contribution in [1.82, 2.24) is 9.80 Å². The lowest BCUT2D eigenvalue weighted by atomic mass is 9.90. The molecule has 34 heavy (non-hydrogen) atoms. The van der Waals surface area contributed by atoms with Crippen molar-refractivity contribution in [3.63, 3.8) is 0 Å². The van der Waals surface area contributed by atoms with Crippen LogP contribution in [0.5, 0.6) is 5.75 Å². The first kappa shape index (κ1) is 24.3. The van der Waals surface area contributed by atoms with Crippen LogP contribution < -0.4 is 4.74 Å². The molecule has 2 aliphatic rings. The molecule has 0 aromatic heterocycles. The van der Waals surface area contributed by atoms with Gasteiger partial charge in [0.05, 0.1) is 11.6 Å². The third-order valence-electron chi connectivity index (χ3n) is 7.25. The predicted octanol–water partition coefficient (Wildman–Crippen LogP) is 5.48. The summed E-state index contributed by atoms with van der Waals surface area (Å²) in [7, 11) is 0. The van der Waals surface area contributed by atoms with Gasteiger partial charge in [0.25, 0.3) is 5.91 Å². The number of ether oxygens (including phenoxy) is 1. The number of aryl methyl sites for hydroxylation is 1. The van der Waals surface area contributed by atoms with Gasteiger partial charge in [0.2, 0.25) is 5.91 Å². The van der Waals surface area contributed by atoms with Crippen LogP contribution in [0.1, 0.15) is 74.2 Å². The van der Waals surface area contributed by atoms with E-state index in [0.717, 1.165) is 64.5 Å². The molecule has 1 fully saturated rings. The van der Waals surface area contributed by atoms with Crippen LogP contribution in [0.3, 0.4) is 0 Å². The number of rotatable bonds is 4. The summed E-state index contributed by atoms with van der Waals surface area (Å²) in [5, 5.41) is 0. The van der Waals surface area contributed by atoms with Crippen LogP contribution in [0.2, 0.25) is 0 Å². The summed E-state index contributed by atoms with van der Waals surface area (Å²) < 4.78 is 6.58. The van der Waals surface area contributed by atoms with E-state index in [1.165, 1.54) is 5.56 Å². The number of hydrogen-bond acceptors (Lipinski definition) is 3. The van der Waals surface area contributed by atoms with Crippen molar-refractivity contribution in [2.45, 2.75) is 76.9 Å². The van der Waals surface area contributed by atoms with E-state index in [9.17, 15) is 9.59 Å². The van der Waals surface area contributed by atoms with Gasteiger partial charge in [-0.2, -0.15) is 0 Å². The van der Waals surface area contributed by atoms with Crippen molar-refractivity contribution in [2.24, 2.45) is 0 Å². The molecule has 0 N–H and O–H groups in total. The first-order chi connectivity index (χ1) is 16.7. The van der Waals surface area contributed by atoms with Crippen LogP contribution >= 0.6 is 0 Å². The first-order valence-electron chi connectivity index (χ1n) is 13.1. The number of carbonyl (C=O) groups excluding carboxylic acids is 2.